The molecule has 3 aromatic carbocycles. The van der Waals surface area contributed by atoms with Crippen molar-refractivity contribution in [2.45, 2.75) is 0 Å². The molecule has 1 aliphatic heterocycles. The molecule has 0 amide bonds. The van der Waals surface area contributed by atoms with Gasteiger partial charge in [-0.3, -0.25) is 4.79 Å². The average molecular weight is 394 g/mol. The summed E-state index contributed by atoms with van der Waals surface area (Å²) in [5.74, 6) is 0.588. The fourth-order valence-electron chi connectivity index (χ4n) is 3.91. The van der Waals surface area contributed by atoms with Crippen LogP contribution in [-0.2, 0) is 0 Å². The number of carbonyl (C=O) groups is 1. The predicted octanol–water partition coefficient (Wildman–Crippen LogP) is 4.19. The summed E-state index contributed by atoms with van der Waals surface area (Å²) < 4.78 is 0. The molecule has 148 valence electrons. The lowest BCUT2D eigenvalue weighted by Gasteiger charge is -2.37. The second-order valence-corrected chi connectivity index (χ2v) is 7.39. The van der Waals surface area contributed by atoms with Gasteiger partial charge in [0.15, 0.2) is 11.5 Å². The Morgan fingerprint density at radius 1 is 0.633 bits per heavy atom. The second kappa shape index (κ2) is 7.95. The third kappa shape index (κ3) is 3.50. The van der Waals surface area contributed by atoms with Crippen LogP contribution in [-0.4, -0.2) is 41.9 Å². The highest BCUT2D eigenvalue weighted by Crippen LogP contribution is 2.25. The first-order chi connectivity index (χ1) is 14.8. The molecule has 0 unspecified atom stereocenters. The molecular weight excluding hydrogens is 372 g/mol. The fourth-order valence-corrected chi connectivity index (χ4v) is 3.91. The van der Waals surface area contributed by atoms with Crippen LogP contribution in [0.1, 0.15) is 16.1 Å². The van der Waals surface area contributed by atoms with Gasteiger partial charge in [-0.1, -0.05) is 60.7 Å². The Kier molecular flexibility index (Phi) is 4.85. The largest absolute Gasteiger partial charge is 0.368 e. The number of fused-ring (bicyclic) bond motifs is 1. The molecule has 2 heterocycles. The van der Waals surface area contributed by atoms with Crippen LogP contribution in [0, 0.1) is 0 Å². The lowest BCUT2D eigenvalue weighted by atomic mass is 10.1. The minimum absolute atomic E-state index is 0.0886. The van der Waals surface area contributed by atoms with Crippen molar-refractivity contribution in [1.82, 2.24) is 9.97 Å². The number of para-hydroxylation sites is 3. The molecule has 30 heavy (non-hydrogen) atoms. The monoisotopic (exact) mass is 394 g/mol. The van der Waals surface area contributed by atoms with Crippen LogP contribution in [0.2, 0.25) is 0 Å². The summed E-state index contributed by atoms with van der Waals surface area (Å²) in [4.78, 5) is 27.5. The number of ketones is 1. The Hall–Kier alpha value is -3.73. The number of aromatic nitrogens is 2. The van der Waals surface area contributed by atoms with Crippen molar-refractivity contribution in [2.24, 2.45) is 0 Å². The molecule has 0 atom stereocenters. The van der Waals surface area contributed by atoms with Gasteiger partial charge in [0.05, 0.1) is 11.0 Å². The van der Waals surface area contributed by atoms with E-state index in [-0.39, 0.29) is 5.78 Å². The minimum atomic E-state index is -0.0886. The number of benzene rings is 3. The molecular formula is C25H22N4O. The van der Waals surface area contributed by atoms with Crippen LogP contribution in [0.5, 0.6) is 0 Å². The first kappa shape index (κ1) is 18.3. The molecule has 0 radical (unpaired) electrons. The van der Waals surface area contributed by atoms with Gasteiger partial charge >= 0.3 is 0 Å². The van der Waals surface area contributed by atoms with Gasteiger partial charge in [0.25, 0.3) is 0 Å². The number of nitrogens with zero attached hydrogens (tertiary/aromatic N) is 4. The first-order valence-electron chi connectivity index (χ1n) is 10.2. The van der Waals surface area contributed by atoms with Crippen LogP contribution in [0.4, 0.5) is 11.5 Å². The number of carbonyl (C=O) groups excluding carboxylic acids is 1. The van der Waals surface area contributed by atoms with Gasteiger partial charge in [0.1, 0.15) is 0 Å². The van der Waals surface area contributed by atoms with Gasteiger partial charge in [-0.15, -0.1) is 0 Å². The number of anilines is 2. The van der Waals surface area contributed by atoms with Crippen LogP contribution >= 0.6 is 0 Å². The molecule has 0 aliphatic carbocycles. The van der Waals surface area contributed by atoms with E-state index in [1.807, 2.05) is 60.7 Å². The summed E-state index contributed by atoms with van der Waals surface area (Å²) in [5, 5.41) is 0. The lowest BCUT2D eigenvalue weighted by molar-refractivity contribution is 0.103. The molecule has 1 saturated heterocycles. The molecule has 5 nitrogen and oxygen atoms in total. The Morgan fingerprint density at radius 2 is 1.17 bits per heavy atom. The van der Waals surface area contributed by atoms with Gasteiger partial charge in [0.2, 0.25) is 5.78 Å². The van der Waals surface area contributed by atoms with E-state index in [1.165, 1.54) is 5.69 Å². The van der Waals surface area contributed by atoms with Gasteiger partial charge in [-0.05, 0) is 24.3 Å². The van der Waals surface area contributed by atoms with Crippen LogP contribution in [0.3, 0.4) is 0 Å². The SMILES string of the molecule is O=C(c1ccccc1)c1nc2ccccc2nc1N1CCN(c2ccccc2)CC1. The van der Waals surface area contributed by atoms with Crippen LogP contribution in [0.15, 0.2) is 84.9 Å². The zero-order chi connectivity index (χ0) is 20.3. The van der Waals surface area contributed by atoms with Crippen LogP contribution < -0.4 is 9.80 Å². The number of hydrogen-bond donors (Lipinski definition) is 0. The summed E-state index contributed by atoms with van der Waals surface area (Å²) in [7, 11) is 0. The molecule has 1 fully saturated rings. The molecule has 4 aromatic rings. The van der Waals surface area contributed by atoms with Crippen molar-refractivity contribution in [3.05, 3.63) is 96.2 Å². The van der Waals surface area contributed by atoms with E-state index in [0.29, 0.717) is 17.1 Å². The van der Waals surface area contributed by atoms with Gasteiger partial charge < -0.3 is 9.80 Å². The highest BCUT2D eigenvalue weighted by atomic mass is 16.1. The van der Waals surface area contributed by atoms with Crippen molar-refractivity contribution in [1.29, 1.82) is 0 Å². The number of hydrogen-bond acceptors (Lipinski definition) is 5. The van der Waals surface area contributed by atoms with E-state index in [0.717, 1.165) is 37.2 Å². The smallest absolute Gasteiger partial charge is 0.215 e. The first-order valence-corrected chi connectivity index (χ1v) is 10.2. The maximum atomic E-state index is 13.3. The predicted molar refractivity (Wildman–Crippen MR) is 120 cm³/mol. The zero-order valence-corrected chi connectivity index (χ0v) is 16.6. The van der Waals surface area contributed by atoms with E-state index >= 15 is 0 Å². The van der Waals surface area contributed by atoms with Gasteiger partial charge in [0, 0.05) is 37.4 Å². The third-order valence-corrected chi connectivity index (χ3v) is 5.50. The van der Waals surface area contributed by atoms with Crippen LogP contribution in [0.25, 0.3) is 11.0 Å². The van der Waals surface area contributed by atoms with Crippen molar-refractivity contribution in [3.8, 4) is 0 Å². The normalized spacial score (nSPS) is 14.1. The Labute approximate surface area is 175 Å². The van der Waals surface area contributed by atoms with E-state index < -0.39 is 0 Å². The maximum absolute atomic E-state index is 13.3. The summed E-state index contributed by atoms with van der Waals surface area (Å²) in [6.07, 6.45) is 0. The third-order valence-electron chi connectivity index (χ3n) is 5.50. The van der Waals surface area contributed by atoms with E-state index in [4.69, 9.17) is 9.97 Å². The topological polar surface area (TPSA) is 49.3 Å². The molecule has 0 bridgehead atoms. The molecule has 0 saturated carbocycles. The van der Waals surface area contributed by atoms with E-state index in [9.17, 15) is 4.79 Å². The molecule has 1 aliphatic rings. The van der Waals surface area contributed by atoms with Gasteiger partial charge in [-0.2, -0.15) is 0 Å². The lowest BCUT2D eigenvalue weighted by Crippen LogP contribution is -2.47. The standard InChI is InChI=1S/C25H22N4O/c30-24(19-9-3-1-4-10-19)23-25(27-22-14-8-7-13-21(22)26-23)29-17-15-28(16-18-29)20-11-5-2-6-12-20/h1-14H,15-18H2. The van der Waals surface area contributed by atoms with Crippen molar-refractivity contribution in [3.63, 3.8) is 0 Å². The summed E-state index contributed by atoms with van der Waals surface area (Å²) in [5.41, 5.74) is 3.83. The number of piperazine rings is 1. The highest BCUT2D eigenvalue weighted by Gasteiger charge is 2.25. The van der Waals surface area contributed by atoms with Crippen molar-refractivity contribution < 1.29 is 4.79 Å². The maximum Gasteiger partial charge on any atom is 0.215 e. The molecule has 5 rings (SSSR count). The summed E-state index contributed by atoms with van der Waals surface area (Å²) in [6.45, 7) is 3.32. The summed E-state index contributed by atoms with van der Waals surface area (Å²) in [6, 6.07) is 27.5. The van der Waals surface area contributed by atoms with Gasteiger partial charge in [-0.25, -0.2) is 9.97 Å². The highest BCUT2D eigenvalue weighted by molar-refractivity contribution is 6.11. The summed E-state index contributed by atoms with van der Waals surface area (Å²) >= 11 is 0. The Bertz CT molecular complexity index is 1170. The fraction of sp³-hybridized carbons (Fsp3) is 0.160. The minimum Gasteiger partial charge on any atom is -0.368 e. The van der Waals surface area contributed by atoms with Crippen molar-refractivity contribution >= 4 is 28.3 Å². The van der Waals surface area contributed by atoms with E-state index in [1.54, 1.807) is 0 Å². The number of rotatable bonds is 4. The Morgan fingerprint density at radius 3 is 1.83 bits per heavy atom. The molecule has 0 spiro atoms. The quantitative estimate of drug-likeness (QED) is 0.486. The average Bonchev–Trinajstić information content (AvgIpc) is 2.84. The molecule has 1 aromatic heterocycles. The molecule has 5 heteroatoms. The Balaban J connectivity index is 1.49. The van der Waals surface area contributed by atoms with Crippen molar-refractivity contribution in [2.75, 3.05) is 36.0 Å². The second-order valence-electron chi connectivity index (χ2n) is 7.39. The molecule has 0 N–H and O–H groups in total. The van der Waals surface area contributed by atoms with E-state index in [2.05, 4.69) is 34.1 Å². The zero-order valence-electron chi connectivity index (χ0n) is 16.6.